The Labute approximate surface area is 115 Å². The number of methoxy groups -OCH3 is 1. The molecule has 0 heterocycles. The summed E-state index contributed by atoms with van der Waals surface area (Å²) in [5.41, 5.74) is 2.01. The molecule has 0 saturated heterocycles. The fraction of sp³-hybridized carbons (Fsp3) is 0.846. The van der Waals surface area contributed by atoms with Gasteiger partial charge in [-0.05, 0) is 33.6 Å². The third-order valence-electron chi connectivity index (χ3n) is 2.21. The van der Waals surface area contributed by atoms with Crippen molar-refractivity contribution in [2.75, 3.05) is 13.7 Å². The Kier molecular flexibility index (Phi) is 6.83. The molecule has 0 radical (unpaired) electrons. The standard InChI is InChI=1S/C13H26N2O4/c1-9(2)8-15(10(3)11(16)18-7)14-12(17)19-13(4,5)6/h9-10H,8H2,1-7H3,(H,14,17)/t10-/m1/s1. The van der Waals surface area contributed by atoms with E-state index in [2.05, 4.69) is 10.2 Å². The van der Waals surface area contributed by atoms with E-state index in [0.717, 1.165) is 0 Å². The van der Waals surface area contributed by atoms with Gasteiger partial charge in [-0.1, -0.05) is 13.8 Å². The molecular weight excluding hydrogens is 248 g/mol. The molecule has 0 fully saturated rings. The van der Waals surface area contributed by atoms with Crippen LogP contribution in [0.3, 0.4) is 0 Å². The largest absolute Gasteiger partial charge is 0.468 e. The van der Waals surface area contributed by atoms with E-state index in [-0.39, 0.29) is 5.92 Å². The van der Waals surface area contributed by atoms with E-state index in [4.69, 9.17) is 4.74 Å². The summed E-state index contributed by atoms with van der Waals surface area (Å²) in [5, 5.41) is 1.53. The van der Waals surface area contributed by atoms with Crippen LogP contribution in [-0.2, 0) is 14.3 Å². The lowest BCUT2D eigenvalue weighted by Crippen LogP contribution is -2.53. The number of esters is 1. The number of carbonyl (C=O) groups excluding carboxylic acids is 2. The molecule has 0 aromatic rings. The van der Waals surface area contributed by atoms with Gasteiger partial charge in [-0.25, -0.2) is 9.80 Å². The van der Waals surface area contributed by atoms with Gasteiger partial charge >= 0.3 is 12.1 Å². The van der Waals surface area contributed by atoms with E-state index >= 15 is 0 Å². The molecular formula is C13H26N2O4. The number of nitrogens with one attached hydrogen (secondary N) is 1. The number of nitrogens with zero attached hydrogens (tertiary/aromatic N) is 1. The van der Waals surface area contributed by atoms with Crippen molar-refractivity contribution in [1.29, 1.82) is 0 Å². The Morgan fingerprint density at radius 3 is 2.11 bits per heavy atom. The van der Waals surface area contributed by atoms with Gasteiger partial charge in [-0.15, -0.1) is 0 Å². The second-order valence-corrected chi connectivity index (χ2v) is 5.86. The molecule has 0 aliphatic rings. The first-order chi connectivity index (χ1) is 8.56. The topological polar surface area (TPSA) is 67.9 Å². The molecule has 112 valence electrons. The number of ether oxygens (including phenoxy) is 2. The lowest BCUT2D eigenvalue weighted by Gasteiger charge is -2.30. The van der Waals surface area contributed by atoms with Crippen molar-refractivity contribution < 1.29 is 19.1 Å². The van der Waals surface area contributed by atoms with Crippen LogP contribution >= 0.6 is 0 Å². The van der Waals surface area contributed by atoms with E-state index in [1.54, 1.807) is 27.7 Å². The molecule has 0 spiro atoms. The number of amides is 1. The molecule has 0 unspecified atom stereocenters. The van der Waals surface area contributed by atoms with Crippen LogP contribution in [0.1, 0.15) is 41.5 Å². The first-order valence-corrected chi connectivity index (χ1v) is 6.41. The van der Waals surface area contributed by atoms with E-state index < -0.39 is 23.7 Å². The smallest absolute Gasteiger partial charge is 0.422 e. The molecule has 1 atom stereocenters. The third kappa shape index (κ3) is 7.66. The molecule has 1 N–H and O–H groups in total. The van der Waals surface area contributed by atoms with Crippen LogP contribution in [0.2, 0.25) is 0 Å². The van der Waals surface area contributed by atoms with Crippen molar-refractivity contribution in [2.45, 2.75) is 53.2 Å². The maximum Gasteiger partial charge on any atom is 0.422 e. The van der Waals surface area contributed by atoms with Gasteiger partial charge in [0.15, 0.2) is 0 Å². The first kappa shape index (κ1) is 17.7. The van der Waals surface area contributed by atoms with Crippen LogP contribution in [0.15, 0.2) is 0 Å². The second-order valence-electron chi connectivity index (χ2n) is 5.86. The summed E-state index contributed by atoms with van der Waals surface area (Å²) >= 11 is 0. The minimum absolute atomic E-state index is 0.280. The highest BCUT2D eigenvalue weighted by atomic mass is 16.6. The van der Waals surface area contributed by atoms with Crippen LogP contribution < -0.4 is 5.43 Å². The van der Waals surface area contributed by atoms with Gasteiger partial charge in [-0.3, -0.25) is 10.2 Å². The Morgan fingerprint density at radius 2 is 1.74 bits per heavy atom. The van der Waals surface area contributed by atoms with Gasteiger partial charge in [0.25, 0.3) is 0 Å². The number of rotatable bonds is 5. The van der Waals surface area contributed by atoms with Gasteiger partial charge in [0.2, 0.25) is 0 Å². The monoisotopic (exact) mass is 274 g/mol. The summed E-state index contributed by atoms with van der Waals surface area (Å²) < 4.78 is 9.85. The van der Waals surface area contributed by atoms with E-state index in [0.29, 0.717) is 6.54 Å². The van der Waals surface area contributed by atoms with Crippen molar-refractivity contribution in [3.05, 3.63) is 0 Å². The zero-order chi connectivity index (χ0) is 15.2. The Balaban J connectivity index is 4.68. The van der Waals surface area contributed by atoms with Crippen LogP contribution in [0.4, 0.5) is 4.79 Å². The third-order valence-corrected chi connectivity index (χ3v) is 2.21. The lowest BCUT2D eigenvalue weighted by molar-refractivity contribution is -0.147. The maximum atomic E-state index is 11.7. The van der Waals surface area contributed by atoms with Crippen LogP contribution in [0, 0.1) is 5.92 Å². The van der Waals surface area contributed by atoms with Gasteiger partial charge in [0, 0.05) is 6.54 Å². The number of hydrazine groups is 1. The number of carbonyl (C=O) groups is 2. The minimum atomic E-state index is -0.581. The molecule has 0 rings (SSSR count). The SMILES string of the molecule is COC(=O)[C@@H](C)N(CC(C)C)NC(=O)OC(C)(C)C. The van der Waals surface area contributed by atoms with E-state index in [1.165, 1.54) is 12.1 Å². The molecule has 0 aromatic carbocycles. The Hall–Kier alpha value is -1.30. The normalized spacial score (nSPS) is 13.3. The van der Waals surface area contributed by atoms with Crippen LogP contribution in [-0.4, -0.2) is 42.4 Å². The van der Waals surface area contributed by atoms with Crippen molar-refractivity contribution >= 4 is 12.1 Å². The van der Waals surface area contributed by atoms with E-state index in [1.807, 2.05) is 13.8 Å². The number of hydrogen-bond donors (Lipinski definition) is 1. The lowest BCUT2D eigenvalue weighted by atomic mass is 10.2. The van der Waals surface area contributed by atoms with Gasteiger partial charge < -0.3 is 9.47 Å². The zero-order valence-electron chi connectivity index (χ0n) is 12.9. The second kappa shape index (κ2) is 7.33. The van der Waals surface area contributed by atoms with Gasteiger partial charge in [0.05, 0.1) is 7.11 Å². The molecule has 0 aliphatic heterocycles. The first-order valence-electron chi connectivity index (χ1n) is 6.41. The predicted octanol–water partition coefficient (Wildman–Crippen LogP) is 1.95. The fourth-order valence-electron chi connectivity index (χ4n) is 1.41. The quantitative estimate of drug-likeness (QED) is 0.613. The maximum absolute atomic E-state index is 11.7. The summed E-state index contributed by atoms with van der Waals surface area (Å²) in [7, 11) is 1.32. The van der Waals surface area contributed by atoms with Crippen molar-refractivity contribution in [3.63, 3.8) is 0 Å². The fourth-order valence-corrected chi connectivity index (χ4v) is 1.41. The van der Waals surface area contributed by atoms with Crippen LogP contribution in [0.5, 0.6) is 0 Å². The molecule has 0 saturated carbocycles. The molecule has 1 amide bonds. The van der Waals surface area contributed by atoms with Crippen molar-refractivity contribution in [3.8, 4) is 0 Å². The summed E-state index contributed by atoms with van der Waals surface area (Å²) in [6.45, 7) is 11.5. The van der Waals surface area contributed by atoms with Crippen molar-refractivity contribution in [2.24, 2.45) is 5.92 Å². The molecule has 6 heteroatoms. The minimum Gasteiger partial charge on any atom is -0.468 e. The average Bonchev–Trinajstić information content (AvgIpc) is 2.22. The zero-order valence-corrected chi connectivity index (χ0v) is 12.9. The average molecular weight is 274 g/mol. The molecule has 19 heavy (non-hydrogen) atoms. The van der Waals surface area contributed by atoms with E-state index in [9.17, 15) is 9.59 Å². The predicted molar refractivity (Wildman–Crippen MR) is 72.4 cm³/mol. The van der Waals surface area contributed by atoms with Gasteiger partial charge in [0.1, 0.15) is 11.6 Å². The molecule has 0 aromatic heterocycles. The highest BCUT2D eigenvalue weighted by molar-refractivity contribution is 5.76. The van der Waals surface area contributed by atoms with Crippen molar-refractivity contribution in [1.82, 2.24) is 10.4 Å². The Bertz CT molecular complexity index is 310. The highest BCUT2D eigenvalue weighted by Gasteiger charge is 2.26. The molecule has 0 bridgehead atoms. The molecule has 6 nitrogen and oxygen atoms in total. The Morgan fingerprint density at radius 1 is 1.21 bits per heavy atom. The van der Waals surface area contributed by atoms with Gasteiger partial charge in [-0.2, -0.15) is 0 Å². The number of hydrogen-bond acceptors (Lipinski definition) is 5. The van der Waals surface area contributed by atoms with Crippen LogP contribution in [0.25, 0.3) is 0 Å². The molecule has 0 aliphatic carbocycles. The summed E-state index contributed by atoms with van der Waals surface area (Å²) in [6.07, 6.45) is -0.580. The summed E-state index contributed by atoms with van der Waals surface area (Å²) in [4.78, 5) is 23.3. The highest BCUT2D eigenvalue weighted by Crippen LogP contribution is 2.08. The summed E-state index contributed by atoms with van der Waals surface area (Å²) in [6, 6.07) is -0.570. The summed E-state index contributed by atoms with van der Waals surface area (Å²) in [5.74, 6) is -0.126.